The molecule has 4 rings (SSSR count). The number of carbonyl (C=O) groups is 1. The lowest BCUT2D eigenvalue weighted by Gasteiger charge is -2.15. The molecule has 1 heterocycles. The summed E-state index contributed by atoms with van der Waals surface area (Å²) in [5, 5.41) is 12.7. The molecule has 6 heteroatoms. The fourth-order valence-electron chi connectivity index (χ4n) is 3.38. The molecule has 29 heavy (non-hydrogen) atoms. The molecule has 2 aromatic carbocycles. The van der Waals surface area contributed by atoms with Crippen LogP contribution in [0.3, 0.4) is 0 Å². The molecule has 1 aromatic heterocycles. The van der Waals surface area contributed by atoms with Crippen LogP contribution in [0.4, 0.5) is 5.69 Å². The van der Waals surface area contributed by atoms with Gasteiger partial charge in [0.1, 0.15) is 5.82 Å². The van der Waals surface area contributed by atoms with Crippen molar-refractivity contribution in [2.45, 2.75) is 50.1 Å². The number of hydrogen-bond acceptors (Lipinski definition) is 4. The zero-order valence-corrected chi connectivity index (χ0v) is 17.7. The second-order valence-electron chi connectivity index (χ2n) is 7.52. The molecule has 1 saturated carbocycles. The van der Waals surface area contributed by atoms with Crippen LogP contribution in [0.5, 0.6) is 0 Å². The Hall–Kier alpha value is -2.60. The molecule has 1 atom stereocenters. The van der Waals surface area contributed by atoms with E-state index in [1.54, 1.807) is 0 Å². The number of nitrogens with one attached hydrogen (secondary N) is 1. The van der Waals surface area contributed by atoms with Crippen LogP contribution in [0.15, 0.2) is 59.8 Å². The zero-order valence-electron chi connectivity index (χ0n) is 16.8. The Labute approximate surface area is 175 Å². The lowest BCUT2D eigenvalue weighted by molar-refractivity contribution is -0.113. The van der Waals surface area contributed by atoms with Gasteiger partial charge >= 0.3 is 0 Å². The normalized spacial score (nSPS) is 14.6. The highest BCUT2D eigenvalue weighted by atomic mass is 32.2. The van der Waals surface area contributed by atoms with Gasteiger partial charge in [0.2, 0.25) is 5.91 Å². The Bertz CT molecular complexity index is 982. The van der Waals surface area contributed by atoms with Gasteiger partial charge in [-0.2, -0.15) is 0 Å². The van der Waals surface area contributed by atoms with Crippen LogP contribution in [0.25, 0.3) is 5.69 Å². The number of thioether (sulfide) groups is 1. The average molecular weight is 407 g/mol. The summed E-state index contributed by atoms with van der Waals surface area (Å²) in [5.41, 5.74) is 3.12. The number of rotatable bonds is 8. The van der Waals surface area contributed by atoms with Crippen LogP contribution >= 0.6 is 11.8 Å². The molecule has 0 spiro atoms. The van der Waals surface area contributed by atoms with E-state index in [1.165, 1.54) is 17.3 Å². The van der Waals surface area contributed by atoms with Crippen LogP contribution in [-0.2, 0) is 4.79 Å². The van der Waals surface area contributed by atoms with E-state index in [2.05, 4.69) is 52.1 Å². The molecule has 150 valence electrons. The van der Waals surface area contributed by atoms with E-state index in [0.717, 1.165) is 41.6 Å². The SMILES string of the molecule is CCC(C)c1ccccc1NC(=O)CSc1nnc(C2CC2)n1-c1ccccc1. The molecule has 1 aliphatic carbocycles. The van der Waals surface area contributed by atoms with E-state index in [1.807, 2.05) is 36.4 Å². The largest absolute Gasteiger partial charge is 0.325 e. The minimum atomic E-state index is -0.0265. The monoisotopic (exact) mass is 406 g/mol. The van der Waals surface area contributed by atoms with Crippen LogP contribution < -0.4 is 5.32 Å². The van der Waals surface area contributed by atoms with Gasteiger partial charge in [0, 0.05) is 17.3 Å². The summed E-state index contributed by atoms with van der Waals surface area (Å²) in [6, 6.07) is 18.2. The van der Waals surface area contributed by atoms with Gasteiger partial charge in [0.25, 0.3) is 0 Å². The van der Waals surface area contributed by atoms with Crippen molar-refractivity contribution in [2.75, 3.05) is 11.1 Å². The molecule has 1 fully saturated rings. The van der Waals surface area contributed by atoms with Gasteiger partial charge in [-0.25, -0.2) is 0 Å². The number of nitrogens with zero attached hydrogens (tertiary/aromatic N) is 3. The van der Waals surface area contributed by atoms with Crippen molar-refractivity contribution in [1.29, 1.82) is 0 Å². The van der Waals surface area contributed by atoms with Gasteiger partial charge in [-0.05, 0) is 48.9 Å². The first-order valence-electron chi connectivity index (χ1n) is 10.2. The van der Waals surface area contributed by atoms with Crippen LogP contribution in [-0.4, -0.2) is 26.4 Å². The van der Waals surface area contributed by atoms with Gasteiger partial charge in [0.05, 0.1) is 5.75 Å². The third-order valence-electron chi connectivity index (χ3n) is 5.33. The van der Waals surface area contributed by atoms with Crippen LogP contribution in [0, 0.1) is 0 Å². The Morgan fingerprint density at radius 2 is 1.86 bits per heavy atom. The van der Waals surface area contributed by atoms with E-state index >= 15 is 0 Å². The van der Waals surface area contributed by atoms with Crippen LogP contribution in [0.1, 0.15) is 56.3 Å². The minimum Gasteiger partial charge on any atom is -0.325 e. The Morgan fingerprint density at radius 3 is 2.59 bits per heavy atom. The molecule has 1 unspecified atom stereocenters. The summed E-state index contributed by atoms with van der Waals surface area (Å²) in [5.74, 6) is 2.15. The van der Waals surface area contributed by atoms with E-state index in [0.29, 0.717) is 17.6 Å². The Balaban J connectivity index is 1.48. The molecule has 3 aromatic rings. The number of benzene rings is 2. The van der Waals surface area contributed by atoms with Gasteiger partial charge in [-0.15, -0.1) is 10.2 Å². The third kappa shape index (κ3) is 4.53. The highest BCUT2D eigenvalue weighted by molar-refractivity contribution is 7.99. The molecule has 1 aliphatic rings. The number of amides is 1. The molecule has 5 nitrogen and oxygen atoms in total. The standard InChI is InChI=1S/C23H26N4OS/c1-3-16(2)19-11-7-8-12-20(19)24-21(28)15-29-23-26-25-22(17-13-14-17)27(23)18-9-5-4-6-10-18/h4-12,16-17H,3,13-15H2,1-2H3,(H,24,28). The maximum absolute atomic E-state index is 12.7. The number of carbonyl (C=O) groups excluding carboxylic acids is 1. The van der Waals surface area contributed by atoms with Crippen molar-refractivity contribution >= 4 is 23.4 Å². The first-order chi connectivity index (χ1) is 14.2. The Kier molecular flexibility index (Phi) is 6.00. The maximum Gasteiger partial charge on any atom is 0.234 e. The maximum atomic E-state index is 12.7. The Morgan fingerprint density at radius 1 is 1.14 bits per heavy atom. The second-order valence-corrected chi connectivity index (χ2v) is 8.46. The lowest BCUT2D eigenvalue weighted by atomic mass is 9.97. The molecule has 1 N–H and O–H groups in total. The van der Waals surface area contributed by atoms with E-state index in [9.17, 15) is 4.79 Å². The molecule has 0 radical (unpaired) electrons. The first-order valence-corrected chi connectivity index (χ1v) is 11.2. The summed E-state index contributed by atoms with van der Waals surface area (Å²) in [6.45, 7) is 4.34. The highest BCUT2D eigenvalue weighted by Gasteiger charge is 2.31. The topological polar surface area (TPSA) is 59.8 Å². The number of aromatic nitrogens is 3. The molecule has 0 saturated heterocycles. The van der Waals surface area contributed by atoms with Crippen molar-refractivity contribution in [3.05, 3.63) is 66.0 Å². The molecule has 1 amide bonds. The van der Waals surface area contributed by atoms with Gasteiger partial charge in [0.15, 0.2) is 5.16 Å². The molecular weight excluding hydrogens is 380 g/mol. The minimum absolute atomic E-state index is 0.0265. The second kappa shape index (κ2) is 8.82. The van der Waals surface area contributed by atoms with E-state index in [-0.39, 0.29) is 5.91 Å². The third-order valence-corrected chi connectivity index (χ3v) is 6.25. The molecular formula is C23H26N4OS. The smallest absolute Gasteiger partial charge is 0.234 e. The quantitative estimate of drug-likeness (QED) is 0.510. The zero-order chi connectivity index (χ0) is 20.2. The first kappa shape index (κ1) is 19.7. The molecule has 0 bridgehead atoms. The molecule has 0 aliphatic heterocycles. The number of anilines is 1. The summed E-state index contributed by atoms with van der Waals surface area (Å²) >= 11 is 1.43. The van der Waals surface area contributed by atoms with Crippen molar-refractivity contribution in [1.82, 2.24) is 14.8 Å². The highest BCUT2D eigenvalue weighted by Crippen LogP contribution is 2.41. The average Bonchev–Trinajstić information content (AvgIpc) is 3.52. The van der Waals surface area contributed by atoms with Gasteiger partial charge in [-0.3, -0.25) is 9.36 Å². The summed E-state index contributed by atoms with van der Waals surface area (Å²) in [6.07, 6.45) is 3.34. The summed E-state index contributed by atoms with van der Waals surface area (Å²) in [4.78, 5) is 12.7. The van der Waals surface area contributed by atoms with Crippen molar-refractivity contribution in [3.8, 4) is 5.69 Å². The number of para-hydroxylation sites is 2. The number of hydrogen-bond donors (Lipinski definition) is 1. The van der Waals surface area contributed by atoms with E-state index < -0.39 is 0 Å². The van der Waals surface area contributed by atoms with Crippen molar-refractivity contribution in [3.63, 3.8) is 0 Å². The summed E-state index contributed by atoms with van der Waals surface area (Å²) < 4.78 is 2.10. The van der Waals surface area contributed by atoms with Gasteiger partial charge < -0.3 is 5.32 Å². The predicted octanol–water partition coefficient (Wildman–Crippen LogP) is 5.39. The van der Waals surface area contributed by atoms with E-state index in [4.69, 9.17) is 0 Å². The van der Waals surface area contributed by atoms with Gasteiger partial charge in [-0.1, -0.05) is 62.0 Å². The fourth-order valence-corrected chi connectivity index (χ4v) is 4.14. The summed E-state index contributed by atoms with van der Waals surface area (Å²) in [7, 11) is 0. The predicted molar refractivity (Wildman–Crippen MR) is 118 cm³/mol. The van der Waals surface area contributed by atoms with Crippen LogP contribution in [0.2, 0.25) is 0 Å². The van der Waals surface area contributed by atoms with Crippen molar-refractivity contribution in [2.24, 2.45) is 0 Å². The van der Waals surface area contributed by atoms with Crippen molar-refractivity contribution < 1.29 is 4.79 Å². The fraction of sp³-hybridized carbons (Fsp3) is 0.348. The lowest BCUT2D eigenvalue weighted by Crippen LogP contribution is -2.16.